The van der Waals surface area contributed by atoms with Crippen LogP contribution in [-0.2, 0) is 9.84 Å². The van der Waals surface area contributed by atoms with E-state index in [0.717, 1.165) is 18.7 Å². The molecule has 2 heterocycles. The summed E-state index contributed by atoms with van der Waals surface area (Å²) in [5.41, 5.74) is 0.534. The Morgan fingerprint density at radius 2 is 1.93 bits per heavy atom. The van der Waals surface area contributed by atoms with Crippen molar-refractivity contribution in [3.8, 4) is 0 Å². The molecule has 0 radical (unpaired) electrons. The van der Waals surface area contributed by atoms with Crippen molar-refractivity contribution in [2.75, 3.05) is 38.3 Å². The van der Waals surface area contributed by atoms with Gasteiger partial charge >= 0.3 is 0 Å². The van der Waals surface area contributed by atoms with Gasteiger partial charge < -0.3 is 15.5 Å². The van der Waals surface area contributed by atoms with Crippen LogP contribution < -0.4 is 10.6 Å². The lowest BCUT2D eigenvalue weighted by Gasteiger charge is -2.34. The first-order valence-corrected chi connectivity index (χ1v) is 10.4. The van der Waals surface area contributed by atoms with Crippen molar-refractivity contribution in [2.45, 2.75) is 35.6 Å². The van der Waals surface area contributed by atoms with Crippen molar-refractivity contribution < 1.29 is 8.42 Å². The van der Waals surface area contributed by atoms with Gasteiger partial charge in [0.2, 0.25) is 9.84 Å². The summed E-state index contributed by atoms with van der Waals surface area (Å²) in [6, 6.07) is 8.46. The summed E-state index contributed by atoms with van der Waals surface area (Å²) in [5, 5.41) is 10.9. The lowest BCUT2D eigenvalue weighted by atomic mass is 9.94. The summed E-state index contributed by atoms with van der Waals surface area (Å²) in [6.07, 6.45) is 2.94. The van der Waals surface area contributed by atoms with E-state index < -0.39 is 9.84 Å². The molecule has 1 unspecified atom stereocenters. The van der Waals surface area contributed by atoms with E-state index in [0.29, 0.717) is 11.6 Å². The molecule has 2 aromatic rings. The molecule has 8 heteroatoms. The molecule has 0 aliphatic carbocycles. The van der Waals surface area contributed by atoms with E-state index in [-0.39, 0.29) is 15.3 Å². The standard InChI is InChI=1S/C19H27N5O2S/c1-14-13-19(2,11-12-23(4)5)21-18-16(17(20-3)22-24(14)18)27(25,26)15-9-7-6-8-10-15/h6-10,13,21H,11-12H2,1-5H3,(H,20,22). The van der Waals surface area contributed by atoms with E-state index >= 15 is 0 Å². The van der Waals surface area contributed by atoms with E-state index in [1.807, 2.05) is 21.0 Å². The molecular weight excluding hydrogens is 362 g/mol. The second-order valence-electron chi connectivity index (χ2n) is 7.39. The van der Waals surface area contributed by atoms with E-state index in [4.69, 9.17) is 0 Å². The molecule has 0 bridgehead atoms. The molecule has 0 spiro atoms. The minimum absolute atomic E-state index is 0.180. The molecule has 0 fully saturated rings. The van der Waals surface area contributed by atoms with E-state index in [9.17, 15) is 8.42 Å². The lowest BCUT2D eigenvalue weighted by molar-refractivity contribution is 0.367. The highest BCUT2D eigenvalue weighted by molar-refractivity contribution is 7.91. The fourth-order valence-corrected chi connectivity index (χ4v) is 4.86. The van der Waals surface area contributed by atoms with Crippen molar-refractivity contribution in [3.05, 3.63) is 36.4 Å². The summed E-state index contributed by atoms with van der Waals surface area (Å²) < 4.78 is 28.4. The van der Waals surface area contributed by atoms with Crippen LogP contribution >= 0.6 is 0 Å². The first kappa shape index (κ1) is 19.4. The van der Waals surface area contributed by atoms with Crippen LogP contribution in [0.15, 0.2) is 46.2 Å². The van der Waals surface area contributed by atoms with Crippen LogP contribution in [0.5, 0.6) is 0 Å². The molecule has 1 aromatic carbocycles. The minimum atomic E-state index is -3.73. The number of hydrogen-bond acceptors (Lipinski definition) is 6. The fourth-order valence-electron chi connectivity index (χ4n) is 3.32. The van der Waals surface area contributed by atoms with Crippen LogP contribution in [0.2, 0.25) is 0 Å². The molecule has 146 valence electrons. The summed E-state index contributed by atoms with van der Waals surface area (Å²) in [7, 11) is 2.00. The van der Waals surface area contributed by atoms with Gasteiger partial charge in [-0.3, -0.25) is 0 Å². The lowest BCUT2D eigenvalue weighted by Crippen LogP contribution is -2.40. The number of nitrogens with zero attached hydrogens (tertiary/aromatic N) is 3. The highest BCUT2D eigenvalue weighted by Gasteiger charge is 2.36. The number of aromatic nitrogens is 2. The first-order chi connectivity index (χ1) is 12.7. The maximum atomic E-state index is 13.4. The maximum absolute atomic E-state index is 13.4. The van der Waals surface area contributed by atoms with Gasteiger partial charge in [0.15, 0.2) is 16.5 Å². The highest BCUT2D eigenvalue weighted by atomic mass is 32.2. The zero-order valence-corrected chi connectivity index (χ0v) is 17.3. The van der Waals surface area contributed by atoms with Gasteiger partial charge in [0.05, 0.1) is 10.4 Å². The molecule has 0 saturated carbocycles. The monoisotopic (exact) mass is 389 g/mol. The van der Waals surface area contributed by atoms with Gasteiger partial charge in [0.25, 0.3) is 0 Å². The molecule has 27 heavy (non-hydrogen) atoms. The second kappa shape index (κ2) is 7.01. The Bertz CT molecular complexity index is 963. The molecule has 0 saturated heterocycles. The highest BCUT2D eigenvalue weighted by Crippen LogP contribution is 2.40. The van der Waals surface area contributed by atoms with Crippen molar-refractivity contribution in [3.63, 3.8) is 0 Å². The molecule has 1 aromatic heterocycles. The largest absolute Gasteiger partial charge is 0.370 e. The van der Waals surface area contributed by atoms with Crippen molar-refractivity contribution in [1.82, 2.24) is 14.7 Å². The molecule has 7 nitrogen and oxygen atoms in total. The first-order valence-electron chi connectivity index (χ1n) is 8.91. The third-order valence-corrected chi connectivity index (χ3v) is 6.56. The number of allylic oxidation sites excluding steroid dienone is 1. The molecule has 2 N–H and O–H groups in total. The predicted octanol–water partition coefficient (Wildman–Crippen LogP) is 2.75. The van der Waals surface area contributed by atoms with Crippen LogP contribution in [0, 0.1) is 0 Å². The molecule has 1 aliphatic rings. The number of fused-ring (bicyclic) bond motifs is 1. The second-order valence-corrected chi connectivity index (χ2v) is 9.27. The Morgan fingerprint density at radius 1 is 1.26 bits per heavy atom. The van der Waals surface area contributed by atoms with Crippen LogP contribution in [0.25, 0.3) is 5.70 Å². The zero-order chi connectivity index (χ0) is 19.8. The van der Waals surface area contributed by atoms with Gasteiger partial charge in [-0.25, -0.2) is 13.1 Å². The van der Waals surface area contributed by atoms with Crippen LogP contribution in [0.3, 0.4) is 0 Å². The molecule has 1 atom stereocenters. The molecule has 3 rings (SSSR count). The molecule has 0 amide bonds. The number of sulfone groups is 1. The van der Waals surface area contributed by atoms with Gasteiger partial charge in [-0.2, -0.15) is 0 Å². The SMILES string of the molecule is CNc1nn2c(c1S(=O)(=O)c1ccccc1)NC(C)(CCN(C)C)C=C2C. The number of benzene rings is 1. The third-order valence-electron chi connectivity index (χ3n) is 4.74. The number of hydrogen-bond donors (Lipinski definition) is 2. The Kier molecular flexibility index (Phi) is 5.05. The van der Waals surface area contributed by atoms with E-state index in [2.05, 4.69) is 33.6 Å². The predicted molar refractivity (Wildman–Crippen MR) is 109 cm³/mol. The topological polar surface area (TPSA) is 79.3 Å². The fraction of sp³-hybridized carbons (Fsp3) is 0.421. The Balaban J connectivity index is 2.13. The normalized spacial score (nSPS) is 19.4. The quantitative estimate of drug-likeness (QED) is 0.791. The maximum Gasteiger partial charge on any atom is 0.213 e. The van der Waals surface area contributed by atoms with E-state index in [1.165, 1.54) is 0 Å². The average Bonchev–Trinajstić information content (AvgIpc) is 3.00. The Morgan fingerprint density at radius 3 is 2.52 bits per heavy atom. The summed E-state index contributed by atoms with van der Waals surface area (Å²) in [6.45, 7) is 4.90. The Hall–Kier alpha value is -2.32. The summed E-state index contributed by atoms with van der Waals surface area (Å²) in [4.78, 5) is 2.55. The van der Waals surface area contributed by atoms with Gasteiger partial charge in [0.1, 0.15) is 0 Å². The van der Waals surface area contributed by atoms with E-state index in [1.54, 1.807) is 42.1 Å². The van der Waals surface area contributed by atoms with Gasteiger partial charge in [0, 0.05) is 19.3 Å². The third kappa shape index (κ3) is 3.59. The molecular formula is C19H27N5O2S. The van der Waals surface area contributed by atoms with Crippen molar-refractivity contribution in [2.24, 2.45) is 0 Å². The van der Waals surface area contributed by atoms with Crippen LogP contribution in [0.1, 0.15) is 20.3 Å². The van der Waals surface area contributed by atoms with Crippen LogP contribution in [-0.4, -0.2) is 56.3 Å². The van der Waals surface area contributed by atoms with Gasteiger partial charge in [-0.1, -0.05) is 18.2 Å². The number of anilines is 2. The number of rotatable bonds is 6. The molecule has 1 aliphatic heterocycles. The smallest absolute Gasteiger partial charge is 0.213 e. The van der Waals surface area contributed by atoms with Crippen molar-refractivity contribution >= 4 is 27.2 Å². The zero-order valence-electron chi connectivity index (χ0n) is 16.4. The van der Waals surface area contributed by atoms with Crippen LogP contribution in [0.4, 0.5) is 11.6 Å². The number of nitrogens with one attached hydrogen (secondary N) is 2. The summed E-state index contributed by atoms with van der Waals surface area (Å²) in [5.74, 6) is 0.843. The minimum Gasteiger partial charge on any atom is -0.370 e. The summed E-state index contributed by atoms with van der Waals surface area (Å²) >= 11 is 0. The van der Waals surface area contributed by atoms with Crippen molar-refractivity contribution in [1.29, 1.82) is 0 Å². The Labute approximate surface area is 161 Å². The average molecular weight is 390 g/mol. The van der Waals surface area contributed by atoms with Gasteiger partial charge in [-0.15, -0.1) is 5.10 Å². The van der Waals surface area contributed by atoms with Gasteiger partial charge in [-0.05, 0) is 52.6 Å².